The minimum Gasteiger partial charge on any atom is -0.379 e. The van der Waals surface area contributed by atoms with Crippen LogP contribution in [0, 0.1) is 5.92 Å². The van der Waals surface area contributed by atoms with Gasteiger partial charge in [-0.1, -0.05) is 20.8 Å². The van der Waals surface area contributed by atoms with E-state index in [1.807, 2.05) is 0 Å². The molecule has 2 unspecified atom stereocenters. The molecule has 0 amide bonds. The molecule has 0 aromatic rings. The fraction of sp³-hybridized carbons (Fsp3) is 1.00. The second-order valence-electron chi connectivity index (χ2n) is 5.41. The summed E-state index contributed by atoms with van der Waals surface area (Å²) in [4.78, 5) is 0. The molecule has 0 fully saturated rings. The summed E-state index contributed by atoms with van der Waals surface area (Å²) < 4.78 is 16.8. The van der Waals surface area contributed by atoms with Gasteiger partial charge in [-0.25, -0.2) is 0 Å². The first-order chi connectivity index (χ1) is 8.56. The number of unbranched alkanes of at least 4 members (excludes halogenated alkanes) is 1. The first kappa shape index (κ1) is 17.9. The lowest BCUT2D eigenvalue weighted by atomic mass is 10.2. The average Bonchev–Trinajstić information content (AvgIpc) is 2.34. The Kier molecular flexibility index (Phi) is 11.9. The first-order valence-electron chi connectivity index (χ1n) is 7.37. The Balaban J connectivity index is 3.19. The van der Waals surface area contributed by atoms with Crippen LogP contribution in [0.4, 0.5) is 0 Å². The molecule has 3 nitrogen and oxygen atoms in total. The van der Waals surface area contributed by atoms with Crippen molar-refractivity contribution in [3.8, 4) is 0 Å². The summed E-state index contributed by atoms with van der Waals surface area (Å²) in [6.07, 6.45) is 3.80. The van der Waals surface area contributed by atoms with Gasteiger partial charge in [0, 0.05) is 19.8 Å². The van der Waals surface area contributed by atoms with Crippen LogP contribution < -0.4 is 0 Å². The van der Waals surface area contributed by atoms with E-state index in [0.717, 1.165) is 39.1 Å². The van der Waals surface area contributed by atoms with E-state index in [1.165, 1.54) is 0 Å². The van der Waals surface area contributed by atoms with Crippen molar-refractivity contribution in [3.05, 3.63) is 0 Å². The van der Waals surface area contributed by atoms with Crippen molar-refractivity contribution in [1.82, 2.24) is 0 Å². The molecule has 0 saturated heterocycles. The zero-order chi connectivity index (χ0) is 13.8. The Bertz CT molecular complexity index is 171. The second kappa shape index (κ2) is 11.9. The SMILES string of the molecule is CCC(C)OCCCCOCC(C)OCC(C)C. The van der Waals surface area contributed by atoms with Gasteiger partial charge in [0.15, 0.2) is 0 Å². The predicted octanol–water partition coefficient (Wildman–Crippen LogP) is 3.66. The molecule has 0 saturated carbocycles. The molecule has 0 aliphatic rings. The third-order valence-electron chi connectivity index (χ3n) is 2.73. The summed E-state index contributed by atoms with van der Waals surface area (Å²) >= 11 is 0. The molecule has 0 radical (unpaired) electrons. The molecule has 0 aromatic heterocycles. The van der Waals surface area contributed by atoms with Crippen LogP contribution in [-0.2, 0) is 14.2 Å². The van der Waals surface area contributed by atoms with Crippen molar-refractivity contribution in [2.75, 3.05) is 26.4 Å². The van der Waals surface area contributed by atoms with Gasteiger partial charge in [0.05, 0.1) is 18.8 Å². The van der Waals surface area contributed by atoms with E-state index in [0.29, 0.717) is 18.6 Å². The van der Waals surface area contributed by atoms with Gasteiger partial charge in [0.1, 0.15) is 0 Å². The van der Waals surface area contributed by atoms with Gasteiger partial charge >= 0.3 is 0 Å². The number of hydrogen-bond acceptors (Lipinski definition) is 3. The summed E-state index contributed by atoms with van der Waals surface area (Å²) in [5.41, 5.74) is 0. The van der Waals surface area contributed by atoms with Gasteiger partial charge < -0.3 is 14.2 Å². The van der Waals surface area contributed by atoms with E-state index >= 15 is 0 Å². The summed E-state index contributed by atoms with van der Waals surface area (Å²) in [5, 5.41) is 0. The van der Waals surface area contributed by atoms with Crippen LogP contribution in [0.2, 0.25) is 0 Å². The highest BCUT2D eigenvalue weighted by atomic mass is 16.5. The van der Waals surface area contributed by atoms with E-state index < -0.39 is 0 Å². The van der Waals surface area contributed by atoms with Crippen molar-refractivity contribution in [2.24, 2.45) is 5.92 Å². The van der Waals surface area contributed by atoms with Gasteiger partial charge in [-0.05, 0) is 39.0 Å². The Hall–Kier alpha value is -0.120. The van der Waals surface area contributed by atoms with Gasteiger partial charge in [0.25, 0.3) is 0 Å². The first-order valence-corrected chi connectivity index (χ1v) is 7.37. The molecule has 18 heavy (non-hydrogen) atoms. The molecule has 0 spiro atoms. The lowest BCUT2D eigenvalue weighted by Crippen LogP contribution is -2.19. The summed E-state index contributed by atoms with van der Waals surface area (Å²) in [6.45, 7) is 13.8. The second-order valence-corrected chi connectivity index (χ2v) is 5.41. The highest BCUT2D eigenvalue weighted by Crippen LogP contribution is 2.01. The van der Waals surface area contributed by atoms with Crippen molar-refractivity contribution >= 4 is 0 Å². The van der Waals surface area contributed by atoms with Crippen LogP contribution in [0.15, 0.2) is 0 Å². The number of ether oxygens (including phenoxy) is 3. The fourth-order valence-corrected chi connectivity index (χ4v) is 1.36. The molecule has 2 atom stereocenters. The maximum Gasteiger partial charge on any atom is 0.0780 e. The molecule has 0 rings (SSSR count). The summed E-state index contributed by atoms with van der Waals surface area (Å²) in [5.74, 6) is 0.588. The lowest BCUT2D eigenvalue weighted by molar-refractivity contribution is -0.0183. The molecule has 0 bridgehead atoms. The maximum absolute atomic E-state index is 5.63. The highest BCUT2D eigenvalue weighted by molar-refractivity contribution is 4.50. The largest absolute Gasteiger partial charge is 0.379 e. The Morgan fingerprint density at radius 3 is 2.06 bits per heavy atom. The Morgan fingerprint density at radius 2 is 1.44 bits per heavy atom. The minimum absolute atomic E-state index is 0.198. The van der Waals surface area contributed by atoms with Crippen molar-refractivity contribution in [1.29, 1.82) is 0 Å². The van der Waals surface area contributed by atoms with Gasteiger partial charge in [-0.15, -0.1) is 0 Å². The van der Waals surface area contributed by atoms with Crippen molar-refractivity contribution in [3.63, 3.8) is 0 Å². The Labute approximate surface area is 113 Å². The van der Waals surface area contributed by atoms with Crippen LogP contribution in [-0.4, -0.2) is 38.6 Å². The monoisotopic (exact) mass is 260 g/mol. The highest BCUT2D eigenvalue weighted by Gasteiger charge is 2.03. The van der Waals surface area contributed by atoms with E-state index in [1.54, 1.807) is 0 Å². The van der Waals surface area contributed by atoms with Crippen molar-refractivity contribution < 1.29 is 14.2 Å². The quantitative estimate of drug-likeness (QED) is 0.501. The normalized spacial score (nSPS) is 15.0. The summed E-state index contributed by atoms with van der Waals surface area (Å²) in [7, 11) is 0. The van der Waals surface area contributed by atoms with Gasteiger partial charge in [0.2, 0.25) is 0 Å². The fourth-order valence-electron chi connectivity index (χ4n) is 1.36. The lowest BCUT2D eigenvalue weighted by Gasteiger charge is -2.15. The third-order valence-corrected chi connectivity index (χ3v) is 2.73. The van der Waals surface area contributed by atoms with Gasteiger partial charge in [-0.3, -0.25) is 0 Å². The zero-order valence-electron chi connectivity index (χ0n) is 12.9. The summed E-state index contributed by atoms with van der Waals surface area (Å²) in [6, 6.07) is 0. The van der Waals surface area contributed by atoms with Gasteiger partial charge in [-0.2, -0.15) is 0 Å². The molecule has 3 heteroatoms. The Morgan fingerprint density at radius 1 is 0.778 bits per heavy atom. The van der Waals surface area contributed by atoms with Crippen molar-refractivity contribution in [2.45, 2.75) is 66.1 Å². The van der Waals surface area contributed by atoms with E-state index in [4.69, 9.17) is 14.2 Å². The van der Waals surface area contributed by atoms with Crippen LogP contribution >= 0.6 is 0 Å². The standard InChI is InChI=1S/C15H32O3/c1-6-14(4)17-10-8-7-9-16-12-15(5)18-11-13(2)3/h13-15H,6-12H2,1-5H3. The maximum atomic E-state index is 5.63. The molecule has 0 N–H and O–H groups in total. The molecule has 110 valence electrons. The van der Waals surface area contributed by atoms with E-state index in [9.17, 15) is 0 Å². The molecule has 0 aliphatic heterocycles. The average molecular weight is 260 g/mol. The molecular weight excluding hydrogens is 228 g/mol. The number of rotatable bonds is 12. The van der Waals surface area contributed by atoms with E-state index in [2.05, 4.69) is 34.6 Å². The molecule has 0 heterocycles. The smallest absolute Gasteiger partial charge is 0.0780 e. The zero-order valence-corrected chi connectivity index (χ0v) is 12.9. The van der Waals surface area contributed by atoms with Crippen LogP contribution in [0.25, 0.3) is 0 Å². The predicted molar refractivity (Wildman–Crippen MR) is 76.0 cm³/mol. The molecule has 0 aromatic carbocycles. The van der Waals surface area contributed by atoms with Crippen LogP contribution in [0.1, 0.15) is 53.9 Å². The van der Waals surface area contributed by atoms with Crippen LogP contribution in [0.3, 0.4) is 0 Å². The number of hydrogen-bond donors (Lipinski definition) is 0. The topological polar surface area (TPSA) is 27.7 Å². The molecule has 0 aliphatic carbocycles. The van der Waals surface area contributed by atoms with E-state index in [-0.39, 0.29) is 6.10 Å². The molecular formula is C15H32O3. The minimum atomic E-state index is 0.198. The third kappa shape index (κ3) is 12.3. The van der Waals surface area contributed by atoms with Crippen LogP contribution in [0.5, 0.6) is 0 Å².